The molecule has 0 saturated carbocycles. The molecule has 0 spiro atoms. The number of pyridine rings is 1. The van der Waals surface area contributed by atoms with Crippen molar-refractivity contribution in [3.63, 3.8) is 0 Å². The molecule has 3 rings (SSSR count). The summed E-state index contributed by atoms with van der Waals surface area (Å²) in [4.78, 5) is 4.59. The molecule has 128 valence electrons. The lowest BCUT2D eigenvalue weighted by Gasteiger charge is -2.46. The number of hydrogen-bond acceptors (Lipinski definition) is 5. The topological polar surface area (TPSA) is 68.7 Å². The molecule has 7 heteroatoms. The van der Waals surface area contributed by atoms with Crippen molar-refractivity contribution in [3.05, 3.63) is 53.3 Å². The molecule has 2 heterocycles. The first kappa shape index (κ1) is 17.5. The van der Waals surface area contributed by atoms with Crippen LogP contribution in [0.3, 0.4) is 0 Å². The van der Waals surface area contributed by atoms with E-state index in [4.69, 9.17) is 16.3 Å². The Morgan fingerprint density at radius 3 is 2.83 bits per heavy atom. The van der Waals surface area contributed by atoms with Crippen molar-refractivity contribution in [1.29, 1.82) is 0 Å². The third-order valence-electron chi connectivity index (χ3n) is 4.05. The average Bonchev–Trinajstić information content (AvgIpc) is 2.55. The number of benzene rings is 1. The lowest BCUT2D eigenvalue weighted by Crippen LogP contribution is -2.62. The molecular formula is C17H19ClN2O3S. The quantitative estimate of drug-likeness (QED) is 0.795. The Bertz CT molecular complexity index is 695. The smallest absolute Gasteiger partial charge is 0.192 e. The van der Waals surface area contributed by atoms with Crippen molar-refractivity contribution in [2.75, 3.05) is 26.3 Å². The summed E-state index contributed by atoms with van der Waals surface area (Å²) in [5, 5.41) is 10.2. The second kappa shape index (κ2) is 7.29. The third-order valence-corrected chi connectivity index (χ3v) is 5.93. The maximum absolute atomic E-state index is 12.7. The summed E-state index contributed by atoms with van der Waals surface area (Å²) >= 11 is 4.86. The number of ether oxygens (including phenoxy) is 1. The van der Waals surface area contributed by atoms with Crippen molar-refractivity contribution in [2.24, 2.45) is 5.41 Å². The molecule has 0 radical (unpaired) electrons. The van der Waals surface area contributed by atoms with Crippen LogP contribution in [0.1, 0.15) is 5.56 Å². The van der Waals surface area contributed by atoms with Gasteiger partial charge in [0.05, 0.1) is 54.3 Å². The SMILES string of the molecule is Cc1ccc([S+]([O-])N2CC(CO)(COc3cccnc3)C2)c(Cl)c1. The molecule has 1 aromatic carbocycles. The van der Waals surface area contributed by atoms with E-state index in [0.717, 1.165) is 5.56 Å². The van der Waals surface area contributed by atoms with E-state index in [-0.39, 0.29) is 6.61 Å². The van der Waals surface area contributed by atoms with E-state index in [1.165, 1.54) is 0 Å². The number of nitrogens with zero attached hydrogens (tertiary/aromatic N) is 2. The van der Waals surface area contributed by atoms with Crippen LogP contribution in [0.25, 0.3) is 0 Å². The van der Waals surface area contributed by atoms with Gasteiger partial charge in [0.2, 0.25) is 0 Å². The Labute approximate surface area is 149 Å². The van der Waals surface area contributed by atoms with E-state index in [1.54, 1.807) is 34.9 Å². The molecule has 0 bridgehead atoms. The van der Waals surface area contributed by atoms with Crippen molar-refractivity contribution in [3.8, 4) is 5.75 Å². The van der Waals surface area contributed by atoms with Crippen molar-refractivity contribution in [1.82, 2.24) is 9.29 Å². The molecule has 0 amide bonds. The number of halogens is 1. The number of aliphatic hydroxyl groups is 1. The highest BCUT2D eigenvalue weighted by Crippen LogP contribution is 2.37. The summed E-state index contributed by atoms with van der Waals surface area (Å²) < 4.78 is 20.2. The van der Waals surface area contributed by atoms with Crippen LogP contribution in [-0.2, 0) is 11.4 Å². The summed E-state index contributed by atoms with van der Waals surface area (Å²) in [5.74, 6) is 0.659. The highest BCUT2D eigenvalue weighted by molar-refractivity contribution is 7.89. The number of rotatable bonds is 6. The van der Waals surface area contributed by atoms with Gasteiger partial charge in [0, 0.05) is 6.20 Å². The van der Waals surface area contributed by atoms with E-state index in [2.05, 4.69) is 4.98 Å². The Morgan fingerprint density at radius 2 is 2.21 bits per heavy atom. The molecule has 1 fully saturated rings. The number of aliphatic hydroxyl groups excluding tert-OH is 1. The van der Waals surface area contributed by atoms with Crippen LogP contribution in [0, 0.1) is 12.3 Å². The Kier molecular flexibility index (Phi) is 5.32. The number of hydrogen-bond donors (Lipinski definition) is 1. The normalized spacial score (nSPS) is 18.0. The molecule has 1 aliphatic heterocycles. The molecule has 1 saturated heterocycles. The second-order valence-electron chi connectivity index (χ2n) is 6.12. The van der Waals surface area contributed by atoms with Gasteiger partial charge in [0.25, 0.3) is 0 Å². The van der Waals surface area contributed by atoms with E-state index in [0.29, 0.717) is 35.4 Å². The third kappa shape index (κ3) is 3.68. The van der Waals surface area contributed by atoms with E-state index >= 15 is 0 Å². The lowest BCUT2D eigenvalue weighted by molar-refractivity contribution is -0.0273. The van der Waals surface area contributed by atoms with Gasteiger partial charge in [-0.2, -0.15) is 0 Å². The van der Waals surface area contributed by atoms with Crippen LogP contribution >= 0.6 is 11.6 Å². The Morgan fingerprint density at radius 1 is 1.42 bits per heavy atom. The zero-order valence-electron chi connectivity index (χ0n) is 13.3. The van der Waals surface area contributed by atoms with Crippen LogP contribution in [0.5, 0.6) is 5.75 Å². The number of aromatic nitrogens is 1. The minimum absolute atomic E-state index is 0.0252. The van der Waals surface area contributed by atoms with Gasteiger partial charge in [-0.25, -0.2) is 0 Å². The summed E-state index contributed by atoms with van der Waals surface area (Å²) in [7, 11) is 0. The molecular weight excluding hydrogens is 348 g/mol. The van der Waals surface area contributed by atoms with E-state index in [1.807, 2.05) is 19.1 Å². The first-order chi connectivity index (χ1) is 11.5. The number of aryl methyl sites for hydroxylation is 1. The van der Waals surface area contributed by atoms with Gasteiger partial charge in [-0.05, 0) is 36.8 Å². The van der Waals surface area contributed by atoms with Crippen molar-refractivity contribution < 1.29 is 14.4 Å². The molecule has 1 atom stereocenters. The van der Waals surface area contributed by atoms with Crippen LogP contribution in [0.4, 0.5) is 0 Å². The predicted octanol–water partition coefficient (Wildman–Crippen LogP) is 2.44. The Balaban J connectivity index is 1.61. The van der Waals surface area contributed by atoms with Crippen LogP contribution in [0.2, 0.25) is 5.02 Å². The first-order valence-electron chi connectivity index (χ1n) is 7.60. The zero-order valence-corrected chi connectivity index (χ0v) is 14.9. The van der Waals surface area contributed by atoms with Gasteiger partial charge < -0.3 is 14.4 Å². The molecule has 1 aromatic heterocycles. The maximum atomic E-state index is 12.7. The van der Waals surface area contributed by atoms with Crippen molar-refractivity contribution in [2.45, 2.75) is 11.8 Å². The van der Waals surface area contributed by atoms with Gasteiger partial charge in [0.1, 0.15) is 5.75 Å². The molecule has 2 aromatic rings. The molecule has 1 aliphatic rings. The zero-order chi connectivity index (χ0) is 17.2. The maximum Gasteiger partial charge on any atom is 0.192 e. The van der Waals surface area contributed by atoms with Gasteiger partial charge in [0.15, 0.2) is 4.90 Å². The van der Waals surface area contributed by atoms with Gasteiger partial charge in [-0.3, -0.25) is 4.98 Å². The largest absolute Gasteiger partial charge is 0.593 e. The fourth-order valence-corrected chi connectivity index (χ4v) is 4.52. The average molecular weight is 367 g/mol. The highest BCUT2D eigenvalue weighted by atomic mass is 35.5. The van der Waals surface area contributed by atoms with Crippen LogP contribution in [0.15, 0.2) is 47.6 Å². The molecule has 0 aliphatic carbocycles. The predicted molar refractivity (Wildman–Crippen MR) is 93.4 cm³/mol. The fourth-order valence-electron chi connectivity index (χ4n) is 2.61. The molecule has 1 unspecified atom stereocenters. The minimum atomic E-state index is -1.34. The van der Waals surface area contributed by atoms with Crippen LogP contribution < -0.4 is 4.74 Å². The fraction of sp³-hybridized carbons (Fsp3) is 0.353. The highest BCUT2D eigenvalue weighted by Gasteiger charge is 2.50. The second-order valence-corrected chi connectivity index (χ2v) is 7.98. The summed E-state index contributed by atoms with van der Waals surface area (Å²) in [5.41, 5.74) is 0.613. The summed E-state index contributed by atoms with van der Waals surface area (Å²) in [6, 6.07) is 9.10. The van der Waals surface area contributed by atoms with Crippen molar-refractivity contribution >= 4 is 23.0 Å². The minimum Gasteiger partial charge on any atom is -0.593 e. The van der Waals surface area contributed by atoms with E-state index in [9.17, 15) is 9.66 Å². The summed E-state index contributed by atoms with van der Waals surface area (Å²) in [6.45, 7) is 3.24. The molecule has 24 heavy (non-hydrogen) atoms. The molecule has 5 nitrogen and oxygen atoms in total. The lowest BCUT2D eigenvalue weighted by atomic mass is 9.83. The standard InChI is InChI=1S/C17H19ClN2O3S/c1-13-4-5-16(15(18)7-13)24(22)20-9-17(10-20,11-21)12-23-14-3-2-6-19-8-14/h2-8,21H,9-12H2,1H3. The monoisotopic (exact) mass is 366 g/mol. The van der Waals surface area contributed by atoms with Gasteiger partial charge in [-0.15, -0.1) is 4.31 Å². The van der Waals surface area contributed by atoms with E-state index < -0.39 is 16.8 Å². The van der Waals surface area contributed by atoms with Crippen LogP contribution in [-0.4, -0.2) is 45.3 Å². The molecule has 1 N–H and O–H groups in total. The summed E-state index contributed by atoms with van der Waals surface area (Å²) in [6.07, 6.45) is 3.31. The Hall–Kier alpha value is -1.31. The van der Waals surface area contributed by atoms with Gasteiger partial charge in [-0.1, -0.05) is 17.7 Å². The van der Waals surface area contributed by atoms with Gasteiger partial charge >= 0.3 is 0 Å². The first-order valence-corrected chi connectivity index (χ1v) is 9.08.